The minimum Gasteiger partial charge on any atom is -0.472 e. The van der Waals surface area contributed by atoms with Gasteiger partial charge in [-0.3, -0.25) is 4.79 Å². The second-order valence-corrected chi connectivity index (χ2v) is 6.60. The Labute approximate surface area is 139 Å². The van der Waals surface area contributed by atoms with E-state index in [0.29, 0.717) is 31.8 Å². The van der Waals surface area contributed by atoms with Crippen LogP contribution in [0.25, 0.3) is 0 Å². The molecule has 1 saturated heterocycles. The fourth-order valence-corrected chi connectivity index (χ4v) is 3.46. The maximum atomic E-state index is 12.7. The van der Waals surface area contributed by atoms with Gasteiger partial charge >= 0.3 is 6.18 Å². The zero-order valence-corrected chi connectivity index (χ0v) is 13.4. The van der Waals surface area contributed by atoms with Crippen LogP contribution in [0.2, 0.25) is 0 Å². The molecule has 0 bridgehead atoms. The summed E-state index contributed by atoms with van der Waals surface area (Å²) in [6, 6.07) is 1.82. The van der Waals surface area contributed by atoms with Crippen LogP contribution in [0.15, 0.2) is 18.3 Å². The van der Waals surface area contributed by atoms with Crippen molar-refractivity contribution in [2.24, 2.45) is 5.92 Å². The van der Waals surface area contributed by atoms with E-state index in [-0.39, 0.29) is 17.9 Å². The Kier molecular flexibility index (Phi) is 4.96. The molecular weight excluding hydrogens is 321 g/mol. The van der Waals surface area contributed by atoms with E-state index in [0.717, 1.165) is 31.2 Å². The summed E-state index contributed by atoms with van der Waals surface area (Å²) in [5, 5.41) is 0. The van der Waals surface area contributed by atoms with Crippen LogP contribution in [-0.2, 0) is 11.0 Å². The lowest BCUT2D eigenvalue weighted by Crippen LogP contribution is -2.32. The molecule has 1 aliphatic heterocycles. The van der Waals surface area contributed by atoms with Gasteiger partial charge in [0.1, 0.15) is 6.10 Å². The molecule has 0 aromatic carbocycles. The number of alkyl halides is 3. The lowest BCUT2D eigenvalue weighted by Gasteiger charge is -2.19. The molecule has 0 radical (unpaired) electrons. The molecule has 2 heterocycles. The third-order valence-electron chi connectivity index (χ3n) is 4.79. The zero-order chi connectivity index (χ0) is 17.2. The maximum Gasteiger partial charge on any atom is 0.416 e. The Hall–Kier alpha value is -1.79. The van der Waals surface area contributed by atoms with Gasteiger partial charge in [-0.2, -0.15) is 13.2 Å². The highest BCUT2D eigenvalue weighted by molar-refractivity contribution is 5.76. The molecule has 2 aliphatic rings. The number of carbonyl (C=O) groups excluding carboxylic acids is 1. The highest BCUT2D eigenvalue weighted by atomic mass is 19.4. The molecule has 1 atom stereocenters. The van der Waals surface area contributed by atoms with Gasteiger partial charge in [0.2, 0.25) is 11.8 Å². The van der Waals surface area contributed by atoms with Crippen LogP contribution in [0, 0.1) is 5.92 Å². The number of ether oxygens (including phenoxy) is 1. The number of pyridine rings is 1. The predicted molar refractivity (Wildman–Crippen MR) is 81.4 cm³/mol. The van der Waals surface area contributed by atoms with E-state index < -0.39 is 11.7 Å². The van der Waals surface area contributed by atoms with Gasteiger partial charge in [0.05, 0.1) is 12.1 Å². The maximum absolute atomic E-state index is 12.7. The number of amides is 1. The molecular formula is C17H21F3N2O2. The quantitative estimate of drug-likeness (QED) is 0.839. The number of halogens is 3. The molecule has 1 saturated carbocycles. The van der Waals surface area contributed by atoms with Crippen molar-refractivity contribution in [3.8, 4) is 5.88 Å². The summed E-state index contributed by atoms with van der Waals surface area (Å²) in [6.45, 7) is 1.01. The van der Waals surface area contributed by atoms with Crippen LogP contribution in [0.3, 0.4) is 0 Å². The van der Waals surface area contributed by atoms with E-state index >= 15 is 0 Å². The largest absolute Gasteiger partial charge is 0.472 e. The number of aromatic nitrogens is 1. The highest BCUT2D eigenvalue weighted by Crippen LogP contribution is 2.31. The first-order chi connectivity index (χ1) is 11.4. The lowest BCUT2D eigenvalue weighted by molar-refractivity contribution is -0.137. The molecule has 7 heteroatoms. The predicted octanol–water partition coefficient (Wildman–Crippen LogP) is 3.66. The van der Waals surface area contributed by atoms with Crippen molar-refractivity contribution in [3.05, 3.63) is 23.9 Å². The van der Waals surface area contributed by atoms with Gasteiger partial charge in [-0.1, -0.05) is 12.8 Å². The first-order valence-electron chi connectivity index (χ1n) is 8.39. The molecule has 3 rings (SSSR count). The molecule has 1 aromatic heterocycles. The lowest BCUT2D eigenvalue weighted by atomic mass is 10.0. The van der Waals surface area contributed by atoms with Crippen LogP contribution in [0.1, 0.15) is 44.1 Å². The van der Waals surface area contributed by atoms with Crippen molar-refractivity contribution < 1.29 is 22.7 Å². The van der Waals surface area contributed by atoms with Gasteiger partial charge in [0.25, 0.3) is 0 Å². The Bertz CT molecular complexity index is 585. The number of carbonyl (C=O) groups is 1. The van der Waals surface area contributed by atoms with Crippen molar-refractivity contribution in [2.45, 2.75) is 50.8 Å². The van der Waals surface area contributed by atoms with E-state index in [1.54, 1.807) is 4.90 Å². The Balaban J connectivity index is 1.53. The molecule has 2 fully saturated rings. The average Bonchev–Trinajstić information content (AvgIpc) is 3.18. The van der Waals surface area contributed by atoms with E-state index in [1.807, 2.05) is 0 Å². The molecule has 24 heavy (non-hydrogen) atoms. The van der Waals surface area contributed by atoms with Crippen LogP contribution in [-0.4, -0.2) is 35.0 Å². The number of likely N-dealkylation sites (tertiary alicyclic amines) is 1. The van der Waals surface area contributed by atoms with Gasteiger partial charge in [0, 0.05) is 31.6 Å². The molecule has 1 unspecified atom stereocenters. The minimum atomic E-state index is -4.42. The fraction of sp³-hybridized carbons (Fsp3) is 0.647. The zero-order valence-electron chi connectivity index (χ0n) is 13.4. The number of hydrogen-bond donors (Lipinski definition) is 0. The number of nitrogens with zero attached hydrogens (tertiary/aromatic N) is 2. The third kappa shape index (κ3) is 4.19. The van der Waals surface area contributed by atoms with Crippen LogP contribution in [0.4, 0.5) is 13.2 Å². The Morgan fingerprint density at radius 2 is 2.04 bits per heavy atom. The van der Waals surface area contributed by atoms with Crippen molar-refractivity contribution in [2.75, 3.05) is 13.1 Å². The van der Waals surface area contributed by atoms with Gasteiger partial charge in [-0.25, -0.2) is 4.98 Å². The number of hydrogen-bond acceptors (Lipinski definition) is 3. The second kappa shape index (κ2) is 6.99. The molecule has 4 nitrogen and oxygen atoms in total. The first-order valence-corrected chi connectivity index (χ1v) is 8.39. The van der Waals surface area contributed by atoms with E-state index in [2.05, 4.69) is 4.98 Å². The van der Waals surface area contributed by atoms with E-state index in [4.69, 9.17) is 4.74 Å². The first kappa shape index (κ1) is 17.0. The van der Waals surface area contributed by atoms with Gasteiger partial charge in [-0.15, -0.1) is 0 Å². The highest BCUT2D eigenvalue weighted by Gasteiger charge is 2.32. The molecule has 132 valence electrons. The molecule has 0 spiro atoms. The summed E-state index contributed by atoms with van der Waals surface area (Å²) in [7, 11) is 0. The van der Waals surface area contributed by atoms with Crippen LogP contribution < -0.4 is 4.74 Å². The SMILES string of the molecule is O=C(CC1CCCC1)N1CCC(Oc2cc(C(F)(F)F)ccn2)C1. The number of rotatable bonds is 4. The Morgan fingerprint density at radius 1 is 1.29 bits per heavy atom. The topological polar surface area (TPSA) is 42.4 Å². The average molecular weight is 342 g/mol. The second-order valence-electron chi connectivity index (χ2n) is 6.60. The van der Waals surface area contributed by atoms with Crippen LogP contribution in [0.5, 0.6) is 5.88 Å². The molecule has 1 aromatic rings. The standard InChI is InChI=1S/C17H21F3N2O2/c18-17(19,20)13-5-7-21-15(10-13)24-14-6-8-22(11-14)16(23)9-12-3-1-2-4-12/h5,7,10,12,14H,1-4,6,8-9,11H2. The van der Waals surface area contributed by atoms with Gasteiger partial charge in [-0.05, 0) is 24.8 Å². The molecule has 0 N–H and O–H groups in total. The monoisotopic (exact) mass is 342 g/mol. The minimum absolute atomic E-state index is 0.0417. The summed E-state index contributed by atoms with van der Waals surface area (Å²) >= 11 is 0. The smallest absolute Gasteiger partial charge is 0.416 e. The summed E-state index contributed by atoms with van der Waals surface area (Å²) in [6.07, 6.45) is 2.21. The summed E-state index contributed by atoms with van der Waals surface area (Å²) < 4.78 is 43.7. The van der Waals surface area contributed by atoms with Gasteiger partial charge in [0.15, 0.2) is 0 Å². The van der Waals surface area contributed by atoms with Gasteiger partial charge < -0.3 is 9.64 Å². The molecule has 1 amide bonds. The summed E-state index contributed by atoms with van der Waals surface area (Å²) in [5.74, 6) is 0.576. The van der Waals surface area contributed by atoms with E-state index in [1.165, 1.54) is 12.8 Å². The fourth-order valence-electron chi connectivity index (χ4n) is 3.46. The Morgan fingerprint density at radius 3 is 2.75 bits per heavy atom. The summed E-state index contributed by atoms with van der Waals surface area (Å²) in [5.41, 5.74) is -0.778. The van der Waals surface area contributed by atoms with Crippen molar-refractivity contribution in [1.29, 1.82) is 0 Å². The van der Waals surface area contributed by atoms with E-state index in [9.17, 15) is 18.0 Å². The normalized spacial score (nSPS) is 22.1. The van der Waals surface area contributed by atoms with Crippen molar-refractivity contribution in [1.82, 2.24) is 9.88 Å². The van der Waals surface area contributed by atoms with Crippen LogP contribution >= 0.6 is 0 Å². The molecule has 1 aliphatic carbocycles. The summed E-state index contributed by atoms with van der Waals surface area (Å²) in [4.78, 5) is 17.9. The van der Waals surface area contributed by atoms with Crippen molar-refractivity contribution in [3.63, 3.8) is 0 Å². The van der Waals surface area contributed by atoms with Crippen molar-refractivity contribution >= 4 is 5.91 Å². The third-order valence-corrected chi connectivity index (χ3v) is 4.79.